The zero-order chi connectivity index (χ0) is 11.8. The van der Waals surface area contributed by atoms with Crippen LogP contribution in [-0.2, 0) is 4.74 Å². The molecule has 0 saturated carbocycles. The molecule has 0 aliphatic rings. The number of hydrogen-bond acceptors (Lipinski definition) is 3. The molecule has 0 radical (unpaired) electrons. The number of methoxy groups -OCH3 is 2. The Morgan fingerprint density at radius 2 is 1.80 bits per heavy atom. The number of ether oxygens (including phenoxy) is 2. The van der Waals surface area contributed by atoms with Gasteiger partial charge in [0.15, 0.2) is 0 Å². The molecule has 15 heavy (non-hydrogen) atoms. The molecule has 0 aliphatic heterocycles. The lowest BCUT2D eigenvalue weighted by Gasteiger charge is -2.07. The molecular weight excluding hydrogens is 192 g/mol. The summed E-state index contributed by atoms with van der Waals surface area (Å²) in [4.78, 5) is 11.2. The monoisotopic (exact) mass is 210 g/mol. The standard InChI is InChI=1S/C10H12O3.C2H6/c1-7-8(10(11)13-3)5-4-6-9(7)12-2;1-2/h4-6H,1-3H3;1-2H3. The molecule has 3 nitrogen and oxygen atoms in total. The van der Waals surface area contributed by atoms with Crippen molar-refractivity contribution in [2.75, 3.05) is 14.2 Å². The van der Waals surface area contributed by atoms with Crippen molar-refractivity contribution in [2.45, 2.75) is 20.8 Å². The van der Waals surface area contributed by atoms with E-state index in [4.69, 9.17) is 4.74 Å². The van der Waals surface area contributed by atoms with Gasteiger partial charge in [-0.05, 0) is 19.1 Å². The minimum absolute atomic E-state index is 0.337. The molecule has 1 rings (SSSR count). The second-order valence-electron chi connectivity index (χ2n) is 2.62. The number of carbonyl (C=O) groups excluding carboxylic acids is 1. The summed E-state index contributed by atoms with van der Waals surface area (Å²) < 4.78 is 9.69. The number of rotatable bonds is 2. The fraction of sp³-hybridized carbons (Fsp3) is 0.417. The molecule has 0 bridgehead atoms. The van der Waals surface area contributed by atoms with Gasteiger partial charge in [0, 0.05) is 5.56 Å². The molecular formula is C12H18O3. The van der Waals surface area contributed by atoms with Crippen LogP contribution in [0.4, 0.5) is 0 Å². The summed E-state index contributed by atoms with van der Waals surface area (Å²) >= 11 is 0. The van der Waals surface area contributed by atoms with Gasteiger partial charge in [-0.1, -0.05) is 19.9 Å². The van der Waals surface area contributed by atoms with Gasteiger partial charge in [0.25, 0.3) is 0 Å². The van der Waals surface area contributed by atoms with Crippen molar-refractivity contribution in [3.63, 3.8) is 0 Å². The van der Waals surface area contributed by atoms with Crippen molar-refractivity contribution in [3.8, 4) is 5.75 Å². The number of esters is 1. The lowest BCUT2D eigenvalue weighted by atomic mass is 10.1. The third kappa shape index (κ3) is 3.27. The molecule has 84 valence electrons. The van der Waals surface area contributed by atoms with E-state index in [1.54, 1.807) is 19.2 Å². The maximum absolute atomic E-state index is 11.2. The number of carbonyl (C=O) groups is 1. The number of hydrogen-bond donors (Lipinski definition) is 0. The maximum atomic E-state index is 11.2. The molecule has 0 amide bonds. The van der Waals surface area contributed by atoms with E-state index in [0.29, 0.717) is 11.3 Å². The maximum Gasteiger partial charge on any atom is 0.338 e. The van der Waals surface area contributed by atoms with Crippen molar-refractivity contribution in [1.29, 1.82) is 0 Å². The first-order valence-corrected chi connectivity index (χ1v) is 4.92. The van der Waals surface area contributed by atoms with Gasteiger partial charge in [-0.3, -0.25) is 0 Å². The molecule has 1 aromatic carbocycles. The van der Waals surface area contributed by atoms with Crippen molar-refractivity contribution in [2.24, 2.45) is 0 Å². The fourth-order valence-electron chi connectivity index (χ4n) is 1.17. The average molecular weight is 210 g/mol. The summed E-state index contributed by atoms with van der Waals surface area (Å²) in [5.41, 5.74) is 1.35. The highest BCUT2D eigenvalue weighted by Gasteiger charge is 2.11. The zero-order valence-corrected chi connectivity index (χ0v) is 9.96. The molecule has 0 unspecified atom stereocenters. The summed E-state index contributed by atoms with van der Waals surface area (Å²) in [6.07, 6.45) is 0. The molecule has 0 spiro atoms. The first-order valence-electron chi connectivity index (χ1n) is 4.92. The molecule has 3 heteroatoms. The van der Waals surface area contributed by atoms with Gasteiger partial charge >= 0.3 is 5.97 Å². The average Bonchev–Trinajstić information content (AvgIpc) is 2.31. The Morgan fingerprint density at radius 3 is 2.27 bits per heavy atom. The second kappa shape index (κ2) is 6.87. The fourth-order valence-corrected chi connectivity index (χ4v) is 1.17. The zero-order valence-electron chi connectivity index (χ0n) is 9.96. The van der Waals surface area contributed by atoms with Crippen LogP contribution in [0.5, 0.6) is 5.75 Å². The van der Waals surface area contributed by atoms with Crippen LogP contribution in [-0.4, -0.2) is 20.2 Å². The normalized spacial score (nSPS) is 8.60. The minimum atomic E-state index is -0.337. The Morgan fingerprint density at radius 1 is 1.20 bits per heavy atom. The van der Waals surface area contributed by atoms with Gasteiger partial charge in [0.05, 0.1) is 19.8 Å². The Balaban J connectivity index is 0.000000921. The largest absolute Gasteiger partial charge is 0.496 e. The first kappa shape index (κ1) is 13.5. The summed E-state index contributed by atoms with van der Waals surface area (Å²) in [6, 6.07) is 5.28. The molecule has 0 atom stereocenters. The quantitative estimate of drug-likeness (QED) is 0.704. The van der Waals surface area contributed by atoms with Gasteiger partial charge in [-0.2, -0.15) is 0 Å². The molecule has 0 fully saturated rings. The Hall–Kier alpha value is -1.51. The Labute approximate surface area is 91.0 Å². The highest BCUT2D eigenvalue weighted by molar-refractivity contribution is 5.91. The summed E-state index contributed by atoms with van der Waals surface area (Å²) in [5.74, 6) is 0.360. The molecule has 0 N–H and O–H groups in total. The highest BCUT2D eigenvalue weighted by atomic mass is 16.5. The van der Waals surface area contributed by atoms with Crippen molar-refractivity contribution in [1.82, 2.24) is 0 Å². The van der Waals surface area contributed by atoms with Crippen LogP contribution in [0.2, 0.25) is 0 Å². The van der Waals surface area contributed by atoms with Gasteiger partial charge in [0.2, 0.25) is 0 Å². The van der Waals surface area contributed by atoms with Crippen molar-refractivity contribution >= 4 is 5.97 Å². The predicted octanol–water partition coefficient (Wildman–Crippen LogP) is 2.82. The van der Waals surface area contributed by atoms with E-state index in [1.807, 2.05) is 26.8 Å². The summed E-state index contributed by atoms with van der Waals surface area (Å²) in [5, 5.41) is 0. The molecule has 0 saturated heterocycles. The Bertz CT molecular complexity index is 319. The van der Waals surface area contributed by atoms with Crippen LogP contribution in [0.25, 0.3) is 0 Å². The number of benzene rings is 1. The third-order valence-corrected chi connectivity index (χ3v) is 1.91. The van der Waals surface area contributed by atoms with Crippen LogP contribution in [0.15, 0.2) is 18.2 Å². The van der Waals surface area contributed by atoms with E-state index in [2.05, 4.69) is 4.74 Å². The molecule has 0 aromatic heterocycles. The van der Waals surface area contributed by atoms with E-state index in [-0.39, 0.29) is 5.97 Å². The molecule has 0 aliphatic carbocycles. The summed E-state index contributed by atoms with van der Waals surface area (Å²) in [6.45, 7) is 5.82. The van der Waals surface area contributed by atoms with Gasteiger partial charge in [-0.15, -0.1) is 0 Å². The third-order valence-electron chi connectivity index (χ3n) is 1.91. The SMILES string of the molecule is CC.COC(=O)c1cccc(OC)c1C. The van der Waals surface area contributed by atoms with Crippen LogP contribution in [0, 0.1) is 6.92 Å². The van der Waals surface area contributed by atoms with Crippen LogP contribution in [0.3, 0.4) is 0 Å². The van der Waals surface area contributed by atoms with E-state index >= 15 is 0 Å². The van der Waals surface area contributed by atoms with E-state index in [9.17, 15) is 4.79 Å². The highest BCUT2D eigenvalue weighted by Crippen LogP contribution is 2.21. The van der Waals surface area contributed by atoms with Crippen LogP contribution in [0.1, 0.15) is 29.8 Å². The smallest absolute Gasteiger partial charge is 0.338 e. The minimum Gasteiger partial charge on any atom is -0.496 e. The van der Waals surface area contributed by atoms with Crippen LogP contribution < -0.4 is 4.74 Å². The van der Waals surface area contributed by atoms with Gasteiger partial charge in [-0.25, -0.2) is 4.79 Å². The van der Waals surface area contributed by atoms with Crippen LogP contribution >= 0.6 is 0 Å². The lowest BCUT2D eigenvalue weighted by molar-refractivity contribution is 0.0599. The lowest BCUT2D eigenvalue weighted by Crippen LogP contribution is -2.04. The molecule has 1 aromatic rings. The van der Waals surface area contributed by atoms with Crippen molar-refractivity contribution < 1.29 is 14.3 Å². The van der Waals surface area contributed by atoms with E-state index in [1.165, 1.54) is 7.11 Å². The van der Waals surface area contributed by atoms with Crippen molar-refractivity contribution in [3.05, 3.63) is 29.3 Å². The van der Waals surface area contributed by atoms with E-state index < -0.39 is 0 Å². The first-order chi connectivity index (χ1) is 7.20. The molecule has 0 heterocycles. The van der Waals surface area contributed by atoms with Gasteiger partial charge < -0.3 is 9.47 Å². The predicted molar refractivity (Wildman–Crippen MR) is 60.4 cm³/mol. The second-order valence-corrected chi connectivity index (χ2v) is 2.62. The summed E-state index contributed by atoms with van der Waals surface area (Å²) in [7, 11) is 2.94. The Kier molecular flexibility index (Phi) is 6.18. The topological polar surface area (TPSA) is 35.5 Å². The van der Waals surface area contributed by atoms with Gasteiger partial charge in [0.1, 0.15) is 5.75 Å². The van der Waals surface area contributed by atoms with E-state index in [0.717, 1.165) is 5.56 Å².